The lowest BCUT2D eigenvalue weighted by molar-refractivity contribution is -0.136. The molecule has 0 saturated heterocycles. The number of hydrogen-bond donors (Lipinski definition) is 1. The molecule has 0 saturated carbocycles. The highest BCUT2D eigenvalue weighted by Crippen LogP contribution is 2.36. The highest BCUT2D eigenvalue weighted by molar-refractivity contribution is 5.64. The van der Waals surface area contributed by atoms with Crippen molar-refractivity contribution < 1.29 is 13.2 Å². The van der Waals surface area contributed by atoms with Gasteiger partial charge in [0, 0.05) is 11.9 Å². The van der Waals surface area contributed by atoms with Crippen LogP contribution in [0.4, 0.5) is 18.9 Å². The fourth-order valence-corrected chi connectivity index (χ4v) is 1.98. The Morgan fingerprint density at radius 1 is 1.30 bits per heavy atom. The van der Waals surface area contributed by atoms with E-state index in [-0.39, 0.29) is 11.3 Å². The Kier molecular flexibility index (Phi) is 3.18. The second kappa shape index (κ2) is 4.56. The standard InChI is InChI=1S/C13H11F3N4/c1-7-6-20(8(2)19-7)10-3-9(5-17)12(18)11(4-10)13(14,15)16/h3-4,6H,18H2,1-2H3. The number of nitrogen functional groups attached to an aromatic ring is 1. The largest absolute Gasteiger partial charge is 0.418 e. The zero-order chi connectivity index (χ0) is 15.1. The van der Waals surface area contributed by atoms with E-state index in [1.807, 2.05) is 0 Å². The first-order valence-electron chi connectivity index (χ1n) is 5.68. The number of nitriles is 1. The molecule has 1 heterocycles. The zero-order valence-corrected chi connectivity index (χ0v) is 10.8. The van der Waals surface area contributed by atoms with E-state index < -0.39 is 17.4 Å². The number of anilines is 1. The molecule has 2 aromatic rings. The molecule has 0 atom stereocenters. The van der Waals surface area contributed by atoms with Crippen molar-refractivity contribution >= 4 is 5.69 Å². The highest BCUT2D eigenvalue weighted by atomic mass is 19.4. The second-order valence-corrected chi connectivity index (χ2v) is 4.36. The van der Waals surface area contributed by atoms with Crippen LogP contribution >= 0.6 is 0 Å². The number of alkyl halides is 3. The molecule has 2 rings (SSSR count). The van der Waals surface area contributed by atoms with Crippen molar-refractivity contribution in [2.45, 2.75) is 20.0 Å². The van der Waals surface area contributed by atoms with E-state index in [2.05, 4.69) is 4.98 Å². The summed E-state index contributed by atoms with van der Waals surface area (Å²) in [4.78, 5) is 4.12. The van der Waals surface area contributed by atoms with Crippen molar-refractivity contribution in [3.63, 3.8) is 0 Å². The van der Waals surface area contributed by atoms with E-state index in [0.717, 1.165) is 6.07 Å². The van der Waals surface area contributed by atoms with Gasteiger partial charge < -0.3 is 10.3 Å². The normalized spacial score (nSPS) is 11.4. The third kappa shape index (κ3) is 2.32. The lowest BCUT2D eigenvalue weighted by atomic mass is 10.1. The van der Waals surface area contributed by atoms with Gasteiger partial charge in [-0.3, -0.25) is 0 Å². The van der Waals surface area contributed by atoms with E-state index in [1.165, 1.54) is 10.6 Å². The van der Waals surface area contributed by atoms with Gasteiger partial charge in [-0.2, -0.15) is 18.4 Å². The summed E-state index contributed by atoms with van der Waals surface area (Å²) in [6.45, 7) is 3.40. The number of rotatable bonds is 1. The Hall–Kier alpha value is -2.49. The molecule has 1 aromatic heterocycles. The molecule has 7 heteroatoms. The number of halogens is 3. The first kappa shape index (κ1) is 13.9. The minimum Gasteiger partial charge on any atom is -0.397 e. The monoisotopic (exact) mass is 280 g/mol. The molecule has 0 aliphatic carbocycles. The van der Waals surface area contributed by atoms with Gasteiger partial charge in [-0.1, -0.05) is 0 Å². The lowest BCUT2D eigenvalue weighted by Gasteiger charge is -2.14. The topological polar surface area (TPSA) is 67.6 Å². The molecular weight excluding hydrogens is 269 g/mol. The first-order chi connectivity index (χ1) is 9.24. The lowest BCUT2D eigenvalue weighted by Crippen LogP contribution is -2.12. The van der Waals surface area contributed by atoms with Crippen LogP contribution in [0.1, 0.15) is 22.6 Å². The summed E-state index contributed by atoms with van der Waals surface area (Å²) in [5, 5.41) is 8.93. The maximum Gasteiger partial charge on any atom is 0.418 e. The number of benzene rings is 1. The quantitative estimate of drug-likeness (QED) is 0.816. The maximum atomic E-state index is 13.0. The van der Waals surface area contributed by atoms with Crippen LogP contribution in [0.15, 0.2) is 18.3 Å². The number of nitrogens with two attached hydrogens (primary N) is 1. The van der Waals surface area contributed by atoms with Gasteiger partial charge in [-0.25, -0.2) is 4.98 Å². The smallest absolute Gasteiger partial charge is 0.397 e. The predicted octanol–water partition coefficient (Wildman–Crippen LogP) is 2.96. The first-order valence-corrected chi connectivity index (χ1v) is 5.68. The zero-order valence-electron chi connectivity index (χ0n) is 10.8. The molecular formula is C13H11F3N4. The SMILES string of the molecule is Cc1cn(-c2cc(C#N)c(N)c(C(F)(F)F)c2)c(C)n1. The summed E-state index contributed by atoms with van der Waals surface area (Å²) in [5.74, 6) is 0.532. The molecule has 0 bridgehead atoms. The molecule has 104 valence electrons. The molecule has 0 spiro atoms. The van der Waals surface area contributed by atoms with E-state index in [1.54, 1.807) is 26.1 Å². The summed E-state index contributed by atoms with van der Waals surface area (Å²) in [6, 6.07) is 3.92. The van der Waals surface area contributed by atoms with Crippen molar-refractivity contribution in [1.29, 1.82) is 5.26 Å². The Morgan fingerprint density at radius 3 is 2.40 bits per heavy atom. The minimum absolute atomic E-state index is 0.208. The number of hydrogen-bond acceptors (Lipinski definition) is 3. The summed E-state index contributed by atoms with van der Waals surface area (Å²) in [5.41, 5.74) is 4.50. The Labute approximate surface area is 113 Å². The molecule has 0 aliphatic rings. The van der Waals surface area contributed by atoms with Crippen LogP contribution in [0.25, 0.3) is 5.69 Å². The van der Waals surface area contributed by atoms with Gasteiger partial charge in [0.15, 0.2) is 0 Å². The Morgan fingerprint density at radius 2 is 1.95 bits per heavy atom. The van der Waals surface area contributed by atoms with Crippen LogP contribution in [0.5, 0.6) is 0 Å². The highest BCUT2D eigenvalue weighted by Gasteiger charge is 2.34. The molecule has 20 heavy (non-hydrogen) atoms. The van der Waals surface area contributed by atoms with Gasteiger partial charge in [-0.05, 0) is 26.0 Å². The van der Waals surface area contributed by atoms with E-state index in [9.17, 15) is 13.2 Å². The predicted molar refractivity (Wildman–Crippen MR) is 67.2 cm³/mol. The fraction of sp³-hybridized carbons (Fsp3) is 0.231. The molecule has 2 N–H and O–H groups in total. The maximum absolute atomic E-state index is 13.0. The molecule has 0 fully saturated rings. The Bertz CT molecular complexity index is 708. The molecule has 0 aliphatic heterocycles. The van der Waals surface area contributed by atoms with E-state index in [0.29, 0.717) is 11.5 Å². The van der Waals surface area contributed by atoms with E-state index >= 15 is 0 Å². The van der Waals surface area contributed by atoms with Gasteiger partial charge in [0.05, 0.1) is 22.5 Å². The molecule has 0 radical (unpaired) electrons. The van der Waals surface area contributed by atoms with Gasteiger partial charge >= 0.3 is 6.18 Å². The van der Waals surface area contributed by atoms with Crippen LogP contribution < -0.4 is 5.73 Å². The van der Waals surface area contributed by atoms with Crippen molar-refractivity contribution in [1.82, 2.24) is 9.55 Å². The van der Waals surface area contributed by atoms with Crippen LogP contribution in [0.2, 0.25) is 0 Å². The summed E-state index contributed by atoms with van der Waals surface area (Å²) >= 11 is 0. The van der Waals surface area contributed by atoms with Gasteiger partial charge in [0.2, 0.25) is 0 Å². The molecule has 4 nitrogen and oxygen atoms in total. The third-order valence-electron chi connectivity index (χ3n) is 2.87. The number of aromatic nitrogens is 2. The van der Waals surface area contributed by atoms with Crippen LogP contribution in [-0.2, 0) is 6.18 Å². The Balaban J connectivity index is 2.74. The molecule has 1 aromatic carbocycles. The van der Waals surface area contributed by atoms with Crippen LogP contribution in [-0.4, -0.2) is 9.55 Å². The van der Waals surface area contributed by atoms with Crippen molar-refractivity contribution in [3.05, 3.63) is 41.0 Å². The van der Waals surface area contributed by atoms with Crippen molar-refractivity contribution in [2.75, 3.05) is 5.73 Å². The van der Waals surface area contributed by atoms with Gasteiger partial charge in [0.1, 0.15) is 11.9 Å². The summed E-state index contributed by atoms with van der Waals surface area (Å²) in [7, 11) is 0. The second-order valence-electron chi connectivity index (χ2n) is 4.36. The molecule has 0 amide bonds. The van der Waals surface area contributed by atoms with Gasteiger partial charge in [0.25, 0.3) is 0 Å². The van der Waals surface area contributed by atoms with E-state index in [4.69, 9.17) is 11.0 Å². The summed E-state index contributed by atoms with van der Waals surface area (Å²) in [6.07, 6.45) is -3.02. The average molecular weight is 280 g/mol. The number of nitrogens with zero attached hydrogens (tertiary/aromatic N) is 3. The van der Waals surface area contributed by atoms with Crippen molar-refractivity contribution in [2.24, 2.45) is 0 Å². The minimum atomic E-state index is -4.62. The summed E-state index contributed by atoms with van der Waals surface area (Å²) < 4.78 is 40.3. The third-order valence-corrected chi connectivity index (χ3v) is 2.87. The number of imidazole rings is 1. The van der Waals surface area contributed by atoms with Crippen LogP contribution in [0, 0.1) is 25.2 Å². The molecule has 0 unspecified atom stereocenters. The number of aryl methyl sites for hydroxylation is 2. The van der Waals surface area contributed by atoms with Crippen molar-refractivity contribution in [3.8, 4) is 11.8 Å². The average Bonchev–Trinajstić information content (AvgIpc) is 2.67. The van der Waals surface area contributed by atoms with Gasteiger partial charge in [-0.15, -0.1) is 0 Å². The fourth-order valence-electron chi connectivity index (χ4n) is 1.98. The van der Waals surface area contributed by atoms with Crippen LogP contribution in [0.3, 0.4) is 0 Å².